The summed E-state index contributed by atoms with van der Waals surface area (Å²) in [7, 11) is 0. The average molecular weight is 709 g/mol. The van der Waals surface area contributed by atoms with E-state index in [1.54, 1.807) is 0 Å². The number of nitrogens with one attached hydrogen (secondary N) is 1. The van der Waals surface area contributed by atoms with Gasteiger partial charge in [-0.3, -0.25) is 0 Å². The Hall–Kier alpha value is -6.85. The van der Waals surface area contributed by atoms with Crippen LogP contribution in [-0.2, 0) is 0 Å². The van der Waals surface area contributed by atoms with E-state index >= 15 is 0 Å². The summed E-state index contributed by atoms with van der Waals surface area (Å²) >= 11 is 0. The monoisotopic (exact) mass is 708 g/mol. The lowest BCUT2D eigenvalue weighted by atomic mass is 9.79. The van der Waals surface area contributed by atoms with Crippen LogP contribution in [0.3, 0.4) is 0 Å². The highest BCUT2D eigenvalue weighted by Crippen LogP contribution is 2.51. The summed E-state index contributed by atoms with van der Waals surface area (Å²) in [5, 5.41) is 9.73. The second-order valence-corrected chi connectivity index (χ2v) is 15.1. The maximum atomic E-state index is 6.30. The van der Waals surface area contributed by atoms with Gasteiger partial charge in [0.2, 0.25) is 5.88 Å². The van der Waals surface area contributed by atoms with Crippen LogP contribution in [0.15, 0.2) is 179 Å². The third-order valence-electron chi connectivity index (χ3n) is 12.2. The molecule has 0 fully saturated rings. The lowest BCUT2D eigenvalue weighted by molar-refractivity contribution is 0.527. The summed E-state index contributed by atoms with van der Waals surface area (Å²) in [4.78, 5) is 7.64. The number of para-hydroxylation sites is 3. The number of fused-ring (bicyclic) bond motifs is 11. The summed E-state index contributed by atoms with van der Waals surface area (Å²) in [6.07, 6.45) is 5.96. The molecular formula is C50H36N4O. The summed E-state index contributed by atoms with van der Waals surface area (Å²) in [5.41, 5.74) is 12.9. The topological polar surface area (TPSA) is 45.7 Å². The number of aromatic nitrogens is 1. The van der Waals surface area contributed by atoms with Crippen molar-refractivity contribution in [1.29, 1.82) is 0 Å². The highest BCUT2D eigenvalue weighted by Gasteiger charge is 2.41. The molecule has 9 aromatic rings. The normalized spacial score (nSPS) is 18.7. The van der Waals surface area contributed by atoms with E-state index < -0.39 is 0 Å². The number of hydrogen-bond acceptors (Lipinski definition) is 4. The van der Waals surface area contributed by atoms with Gasteiger partial charge in [0, 0.05) is 45.7 Å². The first-order valence-electron chi connectivity index (χ1n) is 19.3. The van der Waals surface area contributed by atoms with Gasteiger partial charge in [-0.25, -0.2) is 4.99 Å². The number of hydrogen-bond donors (Lipinski definition) is 1. The molecule has 3 atom stereocenters. The molecule has 262 valence electrons. The Labute approximate surface area is 318 Å². The van der Waals surface area contributed by atoms with Gasteiger partial charge in [-0.15, -0.1) is 0 Å². The quantitative estimate of drug-likeness (QED) is 0.185. The summed E-state index contributed by atoms with van der Waals surface area (Å²) in [6.45, 7) is 0.641. The average Bonchev–Trinajstić information content (AvgIpc) is 3.91. The predicted octanol–water partition coefficient (Wildman–Crippen LogP) is 12.6. The van der Waals surface area contributed by atoms with Gasteiger partial charge in [0.05, 0.1) is 28.7 Å². The molecule has 4 heterocycles. The third kappa shape index (κ3) is 4.63. The van der Waals surface area contributed by atoms with E-state index in [0.29, 0.717) is 30.3 Å². The van der Waals surface area contributed by atoms with Crippen LogP contribution in [-0.4, -0.2) is 22.9 Å². The van der Waals surface area contributed by atoms with Gasteiger partial charge in [-0.2, -0.15) is 0 Å². The maximum absolute atomic E-state index is 6.30. The van der Waals surface area contributed by atoms with Gasteiger partial charge < -0.3 is 19.2 Å². The smallest absolute Gasteiger partial charge is 0.244 e. The lowest BCUT2D eigenvalue weighted by Gasteiger charge is -2.35. The second kappa shape index (κ2) is 11.8. The van der Waals surface area contributed by atoms with Crippen molar-refractivity contribution in [1.82, 2.24) is 4.57 Å². The van der Waals surface area contributed by atoms with E-state index in [9.17, 15) is 0 Å². The van der Waals surface area contributed by atoms with Crippen LogP contribution in [0.5, 0.6) is 0 Å². The number of furan rings is 1. The third-order valence-corrected chi connectivity index (χ3v) is 12.2. The number of nitrogens with zero attached hydrogens (tertiary/aromatic N) is 3. The molecule has 0 bridgehead atoms. The van der Waals surface area contributed by atoms with Crippen LogP contribution in [0.1, 0.15) is 34.9 Å². The Morgan fingerprint density at radius 2 is 1.42 bits per heavy atom. The van der Waals surface area contributed by atoms with Crippen LogP contribution < -0.4 is 10.2 Å². The fourth-order valence-corrected chi connectivity index (χ4v) is 9.68. The molecule has 2 aliphatic heterocycles. The van der Waals surface area contributed by atoms with Gasteiger partial charge in [-0.1, -0.05) is 115 Å². The van der Waals surface area contributed by atoms with Gasteiger partial charge >= 0.3 is 0 Å². The molecule has 12 rings (SSSR count). The van der Waals surface area contributed by atoms with E-state index in [0.717, 1.165) is 34.4 Å². The number of anilines is 3. The van der Waals surface area contributed by atoms with Crippen molar-refractivity contribution in [3.8, 4) is 5.69 Å². The lowest BCUT2D eigenvalue weighted by Crippen LogP contribution is -2.33. The number of rotatable bonds is 4. The Balaban J connectivity index is 0.883. The minimum atomic E-state index is 0.304. The molecule has 3 aliphatic rings. The van der Waals surface area contributed by atoms with Gasteiger partial charge in [0.15, 0.2) is 0 Å². The molecule has 5 heteroatoms. The zero-order chi connectivity index (χ0) is 36.0. The van der Waals surface area contributed by atoms with E-state index in [-0.39, 0.29) is 0 Å². The summed E-state index contributed by atoms with van der Waals surface area (Å²) < 4.78 is 8.70. The molecule has 0 spiro atoms. The molecule has 5 nitrogen and oxygen atoms in total. The summed E-state index contributed by atoms with van der Waals surface area (Å²) in [5.74, 6) is 1.29. The Kier molecular flexibility index (Phi) is 6.58. The minimum absolute atomic E-state index is 0.304. The van der Waals surface area contributed by atoms with Crippen LogP contribution in [0.4, 0.5) is 22.9 Å². The Morgan fingerprint density at radius 1 is 0.636 bits per heavy atom. The van der Waals surface area contributed by atoms with E-state index in [4.69, 9.17) is 9.41 Å². The first kappa shape index (κ1) is 30.6. The van der Waals surface area contributed by atoms with E-state index in [2.05, 4.69) is 185 Å². The molecule has 7 aromatic carbocycles. The predicted molar refractivity (Wildman–Crippen MR) is 227 cm³/mol. The first-order chi connectivity index (χ1) is 27.3. The Morgan fingerprint density at radius 3 is 2.33 bits per heavy atom. The number of benzene rings is 7. The first-order valence-corrected chi connectivity index (χ1v) is 19.3. The highest BCUT2D eigenvalue weighted by molar-refractivity contribution is 6.17. The van der Waals surface area contributed by atoms with Crippen molar-refractivity contribution in [2.75, 3.05) is 16.8 Å². The molecule has 0 radical (unpaired) electrons. The van der Waals surface area contributed by atoms with E-state index in [1.165, 1.54) is 60.8 Å². The zero-order valence-corrected chi connectivity index (χ0v) is 30.1. The van der Waals surface area contributed by atoms with Gasteiger partial charge in [-0.05, 0) is 88.5 Å². The molecule has 2 aromatic heterocycles. The molecule has 1 N–H and O–H groups in total. The second-order valence-electron chi connectivity index (χ2n) is 15.1. The van der Waals surface area contributed by atoms with E-state index in [1.807, 2.05) is 0 Å². The molecular weight excluding hydrogens is 673 g/mol. The van der Waals surface area contributed by atoms with Crippen LogP contribution in [0.25, 0.3) is 49.2 Å². The number of allylic oxidation sites excluding steroid dienone is 1. The minimum Gasteiger partial charge on any atom is -0.436 e. The SMILES string of the molecule is C1=CC2c3ccccc3N(c3ccc(C4=Nc5oc6ccc7ccccc7c6c5NC4)cc3)C2CC1c1ccc2c(c1)c1ccccc1n2-c1ccccc1. The summed E-state index contributed by atoms with van der Waals surface area (Å²) in [6, 6.07) is 57.5. The maximum Gasteiger partial charge on any atom is 0.244 e. The van der Waals surface area contributed by atoms with Crippen LogP contribution >= 0.6 is 0 Å². The standard InChI is InChI=1S/C50H36N4O/c1-2-11-35(12-3-1)53-44-17-9-7-15-39(44)41-28-33(21-26-45(41)53)34-20-25-40-38-14-6-8-16-43(38)54(46(40)29-34)36-23-18-32(19-24-36)42-30-51-49-48-37-13-5-4-10-31(37)22-27-47(48)55-50(49)52-42/h1-28,34,40,46,51H,29-30H2. The fraction of sp³-hybridized carbons (Fsp3) is 0.100. The van der Waals surface area contributed by atoms with Crippen molar-refractivity contribution in [3.05, 3.63) is 187 Å². The molecule has 0 saturated heterocycles. The van der Waals surface area contributed by atoms with Crippen LogP contribution in [0.2, 0.25) is 0 Å². The van der Waals surface area contributed by atoms with Crippen molar-refractivity contribution in [3.63, 3.8) is 0 Å². The van der Waals surface area contributed by atoms with Crippen molar-refractivity contribution >= 4 is 72.2 Å². The molecule has 3 unspecified atom stereocenters. The fourth-order valence-electron chi connectivity index (χ4n) is 9.68. The largest absolute Gasteiger partial charge is 0.436 e. The van der Waals surface area contributed by atoms with Crippen molar-refractivity contribution in [2.45, 2.75) is 24.3 Å². The van der Waals surface area contributed by atoms with Crippen molar-refractivity contribution in [2.24, 2.45) is 4.99 Å². The Bertz CT molecular complexity index is 3040. The molecule has 0 amide bonds. The van der Waals surface area contributed by atoms with Gasteiger partial charge in [0.25, 0.3) is 0 Å². The highest BCUT2D eigenvalue weighted by atomic mass is 16.3. The van der Waals surface area contributed by atoms with Crippen molar-refractivity contribution < 1.29 is 4.42 Å². The molecule has 0 saturated carbocycles. The van der Waals surface area contributed by atoms with Gasteiger partial charge in [0.1, 0.15) is 11.3 Å². The zero-order valence-electron chi connectivity index (χ0n) is 30.1. The number of aliphatic imine (C=N–C) groups is 1. The van der Waals surface area contributed by atoms with Crippen LogP contribution in [0, 0.1) is 0 Å². The molecule has 55 heavy (non-hydrogen) atoms. The molecule has 1 aliphatic carbocycles.